The molecule has 1 heterocycles. The van der Waals surface area contributed by atoms with Crippen molar-refractivity contribution in [2.24, 2.45) is 7.05 Å². The molecule has 4 N–H and O–H groups in total. The average molecular weight is 537 g/mol. The Kier molecular flexibility index (Phi) is 6.22. The van der Waals surface area contributed by atoms with Crippen LogP contribution in [-0.2, 0) is 17.1 Å². The second-order valence-electron chi connectivity index (χ2n) is 7.07. The van der Waals surface area contributed by atoms with Crippen LogP contribution in [0.3, 0.4) is 0 Å². The van der Waals surface area contributed by atoms with Crippen LogP contribution in [0.2, 0.25) is 0 Å². The van der Waals surface area contributed by atoms with E-state index in [9.17, 15) is 22.7 Å². The van der Waals surface area contributed by atoms with Crippen molar-refractivity contribution in [1.29, 1.82) is 0 Å². The Balaban J connectivity index is 1.96. The third-order valence-electron chi connectivity index (χ3n) is 4.94. The van der Waals surface area contributed by atoms with Crippen LogP contribution >= 0.6 is 22.6 Å². The highest BCUT2D eigenvalue weighted by atomic mass is 127. The number of halogens is 2. The first-order valence-corrected chi connectivity index (χ1v) is 11.4. The predicted molar refractivity (Wildman–Crippen MR) is 116 cm³/mol. The van der Waals surface area contributed by atoms with Crippen LogP contribution in [0.1, 0.15) is 19.3 Å². The summed E-state index contributed by atoms with van der Waals surface area (Å²) >= 11 is 1.96. The van der Waals surface area contributed by atoms with Crippen LogP contribution in [0.5, 0.6) is 0 Å². The molecule has 1 aromatic carbocycles. The van der Waals surface area contributed by atoms with Crippen molar-refractivity contribution in [3.05, 3.63) is 50.1 Å². The maximum absolute atomic E-state index is 14.3. The SMILES string of the molecule is Cn1c(Nc2ccc(I)cc2F)c(NS(=O)(=O)C2(C[C@@H](O)CO)CC2)ccc1=O. The minimum absolute atomic E-state index is 0.0785. The molecule has 3 rings (SSSR count). The summed E-state index contributed by atoms with van der Waals surface area (Å²) in [6.45, 7) is -0.532. The van der Waals surface area contributed by atoms with Gasteiger partial charge in [0.2, 0.25) is 10.0 Å². The van der Waals surface area contributed by atoms with E-state index in [2.05, 4.69) is 10.0 Å². The Hall–Kier alpha value is -1.70. The first kappa shape index (κ1) is 22.0. The number of anilines is 3. The molecule has 2 aromatic rings. The smallest absolute Gasteiger partial charge is 0.251 e. The van der Waals surface area contributed by atoms with E-state index in [1.54, 1.807) is 6.07 Å². The van der Waals surface area contributed by atoms with Gasteiger partial charge < -0.3 is 15.5 Å². The summed E-state index contributed by atoms with van der Waals surface area (Å²) in [6.07, 6.45) is -0.550. The van der Waals surface area contributed by atoms with Gasteiger partial charge in [-0.1, -0.05) is 0 Å². The van der Waals surface area contributed by atoms with E-state index in [1.165, 1.54) is 35.9 Å². The summed E-state index contributed by atoms with van der Waals surface area (Å²) < 4.78 is 43.3. The van der Waals surface area contributed by atoms with Gasteiger partial charge in [-0.3, -0.25) is 14.1 Å². The molecule has 0 unspecified atom stereocenters. The molecule has 0 radical (unpaired) electrons. The lowest BCUT2D eigenvalue weighted by atomic mass is 10.2. The van der Waals surface area contributed by atoms with Crippen LogP contribution in [0, 0.1) is 9.39 Å². The Bertz CT molecular complexity index is 1090. The molecule has 158 valence electrons. The topological polar surface area (TPSA) is 121 Å². The molecule has 8 nitrogen and oxygen atoms in total. The van der Waals surface area contributed by atoms with E-state index >= 15 is 0 Å². The third-order valence-corrected chi connectivity index (χ3v) is 7.81. The number of hydrogen-bond donors (Lipinski definition) is 4. The molecule has 1 saturated carbocycles. The number of nitrogens with zero attached hydrogens (tertiary/aromatic N) is 1. The molecular weight excluding hydrogens is 516 g/mol. The van der Waals surface area contributed by atoms with Gasteiger partial charge in [0.05, 0.1) is 28.8 Å². The van der Waals surface area contributed by atoms with Crippen molar-refractivity contribution in [2.45, 2.75) is 30.1 Å². The zero-order valence-corrected chi connectivity index (χ0v) is 18.5. The lowest BCUT2D eigenvalue weighted by molar-refractivity contribution is 0.0858. The quantitative estimate of drug-likeness (QED) is 0.382. The molecule has 1 fully saturated rings. The number of benzene rings is 1. The maximum atomic E-state index is 14.3. The average Bonchev–Trinajstić information content (AvgIpc) is 3.44. The number of nitrogens with one attached hydrogen (secondary N) is 2. The Morgan fingerprint density at radius 1 is 1.28 bits per heavy atom. The molecule has 29 heavy (non-hydrogen) atoms. The standard InChI is InChI=1S/C18H21FIN3O5S/c1-23-16(26)5-4-15(17(23)21-14-3-2-11(20)8-13(14)19)22-29(27,28)18(6-7-18)9-12(25)10-24/h2-5,8,12,21-22,24-25H,6-7,9-10H2,1H3/t12-/m1/s1. The van der Waals surface area contributed by atoms with Crippen molar-refractivity contribution in [3.63, 3.8) is 0 Å². The predicted octanol–water partition coefficient (Wildman–Crippen LogP) is 1.89. The third kappa shape index (κ3) is 4.57. The number of hydrogen-bond acceptors (Lipinski definition) is 6. The molecule has 0 saturated heterocycles. The largest absolute Gasteiger partial charge is 0.394 e. The molecule has 0 bridgehead atoms. The highest BCUT2D eigenvalue weighted by Crippen LogP contribution is 2.48. The fourth-order valence-corrected chi connectivity index (χ4v) is 5.23. The van der Waals surface area contributed by atoms with Crippen LogP contribution in [0.25, 0.3) is 0 Å². The lowest BCUT2D eigenvalue weighted by Gasteiger charge is -2.22. The first-order valence-electron chi connectivity index (χ1n) is 8.82. The molecular formula is C18H21FIN3O5S. The van der Waals surface area contributed by atoms with Crippen LogP contribution in [0.4, 0.5) is 21.6 Å². The van der Waals surface area contributed by atoms with E-state index in [4.69, 9.17) is 5.11 Å². The highest BCUT2D eigenvalue weighted by molar-refractivity contribution is 14.1. The number of rotatable bonds is 8. The number of aliphatic hydroxyl groups excluding tert-OH is 2. The molecule has 0 amide bonds. The Labute approximate surface area is 181 Å². The van der Waals surface area contributed by atoms with E-state index in [0.29, 0.717) is 16.4 Å². The van der Waals surface area contributed by atoms with Gasteiger partial charge in [0.1, 0.15) is 11.6 Å². The molecule has 11 heteroatoms. The number of aromatic nitrogens is 1. The van der Waals surface area contributed by atoms with Gasteiger partial charge in [-0.2, -0.15) is 0 Å². The maximum Gasteiger partial charge on any atom is 0.251 e. The summed E-state index contributed by atoms with van der Waals surface area (Å²) in [4.78, 5) is 12.1. The van der Waals surface area contributed by atoms with Crippen molar-refractivity contribution in [3.8, 4) is 0 Å². The minimum Gasteiger partial charge on any atom is -0.394 e. The zero-order chi connectivity index (χ0) is 21.4. The van der Waals surface area contributed by atoms with Crippen molar-refractivity contribution >= 4 is 49.8 Å². The summed E-state index contributed by atoms with van der Waals surface area (Å²) in [6, 6.07) is 6.99. The van der Waals surface area contributed by atoms with E-state index in [-0.39, 0.29) is 23.6 Å². The van der Waals surface area contributed by atoms with Crippen LogP contribution < -0.4 is 15.6 Å². The Morgan fingerprint density at radius 2 is 1.93 bits per heavy atom. The molecule has 0 spiro atoms. The molecule has 1 aliphatic carbocycles. The monoisotopic (exact) mass is 537 g/mol. The van der Waals surface area contributed by atoms with Gasteiger partial charge in [-0.05, 0) is 66.1 Å². The molecule has 1 aliphatic rings. The van der Waals surface area contributed by atoms with Gasteiger partial charge >= 0.3 is 0 Å². The van der Waals surface area contributed by atoms with E-state index < -0.39 is 38.9 Å². The molecule has 1 aromatic heterocycles. The molecule has 0 aliphatic heterocycles. The first-order chi connectivity index (χ1) is 13.6. The van der Waals surface area contributed by atoms with Gasteiger partial charge in [0.15, 0.2) is 0 Å². The zero-order valence-electron chi connectivity index (χ0n) is 15.5. The fourth-order valence-electron chi connectivity index (χ4n) is 3.06. The normalized spacial score (nSPS) is 16.3. The Morgan fingerprint density at radius 3 is 2.52 bits per heavy atom. The number of sulfonamides is 1. The van der Waals surface area contributed by atoms with Gasteiger partial charge in [0, 0.05) is 16.7 Å². The van der Waals surface area contributed by atoms with Gasteiger partial charge in [-0.15, -0.1) is 0 Å². The number of aliphatic hydroxyl groups is 2. The summed E-state index contributed by atoms with van der Waals surface area (Å²) in [5, 5.41) is 21.5. The summed E-state index contributed by atoms with van der Waals surface area (Å²) in [5.74, 6) is -0.466. The second kappa shape index (κ2) is 8.20. The fraction of sp³-hybridized carbons (Fsp3) is 0.389. The van der Waals surface area contributed by atoms with Crippen molar-refractivity contribution < 1.29 is 23.0 Å². The van der Waals surface area contributed by atoms with Gasteiger partial charge in [0.25, 0.3) is 5.56 Å². The lowest BCUT2D eigenvalue weighted by Crippen LogP contribution is -2.35. The van der Waals surface area contributed by atoms with Crippen molar-refractivity contribution in [1.82, 2.24) is 4.57 Å². The minimum atomic E-state index is -3.94. The van der Waals surface area contributed by atoms with Crippen molar-refractivity contribution in [2.75, 3.05) is 16.6 Å². The highest BCUT2D eigenvalue weighted by Gasteiger charge is 2.55. The van der Waals surface area contributed by atoms with E-state index in [0.717, 1.165) is 0 Å². The molecule has 1 atom stereocenters. The van der Waals surface area contributed by atoms with E-state index in [1.807, 2.05) is 22.6 Å². The summed E-state index contributed by atoms with van der Waals surface area (Å²) in [7, 11) is -2.50. The summed E-state index contributed by atoms with van der Waals surface area (Å²) in [5.41, 5.74) is -0.239. The number of pyridine rings is 1. The second-order valence-corrected chi connectivity index (χ2v) is 10.4. The van der Waals surface area contributed by atoms with Crippen LogP contribution in [0.15, 0.2) is 35.1 Å². The van der Waals surface area contributed by atoms with Crippen LogP contribution in [-0.4, -0.2) is 40.7 Å². The van der Waals surface area contributed by atoms with Gasteiger partial charge in [-0.25, -0.2) is 12.8 Å².